The van der Waals surface area contributed by atoms with E-state index in [-0.39, 0.29) is 12.5 Å². The summed E-state index contributed by atoms with van der Waals surface area (Å²) in [6.45, 7) is 0.163. The molecule has 0 aliphatic carbocycles. The monoisotopic (exact) mass is 386 g/mol. The zero-order chi connectivity index (χ0) is 16.9. The Bertz CT molecular complexity index is 846. The lowest BCUT2D eigenvalue weighted by molar-refractivity contribution is -0.114. The lowest BCUT2D eigenvalue weighted by atomic mass is 10.2. The molecule has 0 saturated carbocycles. The average Bonchev–Trinajstić information content (AvgIpc) is 3.01. The minimum absolute atomic E-state index is 0.122. The third-order valence-corrected chi connectivity index (χ3v) is 3.85. The molecule has 1 amide bonds. The van der Waals surface area contributed by atoms with Gasteiger partial charge < -0.3 is 10.6 Å². The Morgan fingerprint density at radius 1 is 1.17 bits per heavy atom. The highest BCUT2D eigenvalue weighted by atomic mass is 79.9. The normalized spacial score (nSPS) is 10.4. The van der Waals surface area contributed by atoms with E-state index in [4.69, 9.17) is 0 Å². The fourth-order valence-electron chi connectivity index (χ4n) is 2.16. The van der Waals surface area contributed by atoms with Gasteiger partial charge >= 0.3 is 0 Å². The predicted molar refractivity (Wildman–Crippen MR) is 95.5 cm³/mol. The van der Waals surface area contributed by atoms with Gasteiger partial charge in [0.25, 0.3) is 0 Å². The van der Waals surface area contributed by atoms with Crippen molar-refractivity contribution >= 4 is 33.2 Å². The van der Waals surface area contributed by atoms with Crippen molar-refractivity contribution in [3.63, 3.8) is 0 Å². The summed E-state index contributed by atoms with van der Waals surface area (Å²) in [5, 5.41) is 17.4. The number of benzene rings is 2. The molecule has 7 nitrogen and oxygen atoms in total. The van der Waals surface area contributed by atoms with E-state index in [1.807, 2.05) is 48.5 Å². The Morgan fingerprint density at radius 2 is 1.96 bits per heavy atom. The van der Waals surface area contributed by atoms with Crippen molar-refractivity contribution in [2.24, 2.45) is 7.05 Å². The summed E-state index contributed by atoms with van der Waals surface area (Å²) in [6.07, 6.45) is 0. The van der Waals surface area contributed by atoms with E-state index >= 15 is 0 Å². The first-order valence-corrected chi connectivity index (χ1v) is 8.03. The first-order valence-electron chi connectivity index (χ1n) is 7.24. The van der Waals surface area contributed by atoms with Gasteiger partial charge in [0.1, 0.15) is 0 Å². The third kappa shape index (κ3) is 3.96. The number of carbonyl (C=O) groups excluding carboxylic acids is 1. The topological polar surface area (TPSA) is 84.7 Å². The minimum atomic E-state index is -0.122. The molecule has 0 saturated heterocycles. The lowest BCUT2D eigenvalue weighted by Gasteiger charge is -2.09. The van der Waals surface area contributed by atoms with Crippen LogP contribution in [0.25, 0.3) is 11.4 Å². The molecule has 0 fully saturated rings. The number of aryl methyl sites for hydroxylation is 1. The van der Waals surface area contributed by atoms with Crippen LogP contribution in [0.5, 0.6) is 0 Å². The average molecular weight is 387 g/mol. The van der Waals surface area contributed by atoms with Crippen LogP contribution in [0.1, 0.15) is 0 Å². The van der Waals surface area contributed by atoms with E-state index < -0.39 is 0 Å². The molecule has 2 N–H and O–H groups in total. The summed E-state index contributed by atoms with van der Waals surface area (Å²) >= 11 is 3.36. The molecule has 0 aliphatic rings. The second kappa shape index (κ2) is 7.22. The number of rotatable bonds is 5. The van der Waals surface area contributed by atoms with Crippen molar-refractivity contribution in [3.05, 3.63) is 53.0 Å². The number of hydrogen-bond acceptors (Lipinski definition) is 5. The van der Waals surface area contributed by atoms with Crippen molar-refractivity contribution in [3.8, 4) is 11.4 Å². The fourth-order valence-corrected chi connectivity index (χ4v) is 2.43. The van der Waals surface area contributed by atoms with Crippen LogP contribution in [0.2, 0.25) is 0 Å². The molecule has 2 aromatic carbocycles. The summed E-state index contributed by atoms with van der Waals surface area (Å²) in [7, 11) is 1.78. The third-order valence-electron chi connectivity index (χ3n) is 3.32. The van der Waals surface area contributed by atoms with Crippen LogP contribution in [-0.4, -0.2) is 32.7 Å². The highest BCUT2D eigenvalue weighted by Crippen LogP contribution is 2.19. The minimum Gasteiger partial charge on any atom is -0.376 e. The molecule has 3 aromatic rings. The van der Waals surface area contributed by atoms with Crippen molar-refractivity contribution in [2.45, 2.75) is 0 Å². The number of nitrogens with one attached hydrogen (secondary N) is 2. The second-order valence-corrected chi connectivity index (χ2v) is 6.03. The van der Waals surface area contributed by atoms with Gasteiger partial charge in [-0.15, -0.1) is 5.10 Å². The summed E-state index contributed by atoms with van der Waals surface area (Å²) in [5.41, 5.74) is 2.45. The fraction of sp³-hybridized carbons (Fsp3) is 0.125. The van der Waals surface area contributed by atoms with Crippen LogP contribution in [0, 0.1) is 0 Å². The molecule has 0 radical (unpaired) electrons. The number of halogens is 1. The van der Waals surface area contributed by atoms with Crippen LogP contribution in [0.15, 0.2) is 53.0 Å². The Hall–Kier alpha value is -2.74. The number of anilines is 2. The number of carbonyl (C=O) groups is 1. The van der Waals surface area contributed by atoms with Gasteiger partial charge in [-0.1, -0.05) is 28.1 Å². The number of aromatic nitrogens is 4. The lowest BCUT2D eigenvalue weighted by Crippen LogP contribution is -2.21. The van der Waals surface area contributed by atoms with E-state index in [0.717, 1.165) is 21.4 Å². The van der Waals surface area contributed by atoms with Crippen molar-refractivity contribution in [1.82, 2.24) is 20.2 Å². The van der Waals surface area contributed by atoms with Crippen molar-refractivity contribution in [1.29, 1.82) is 0 Å². The van der Waals surface area contributed by atoms with Crippen LogP contribution in [0.4, 0.5) is 11.4 Å². The van der Waals surface area contributed by atoms with E-state index in [2.05, 4.69) is 42.1 Å². The first kappa shape index (κ1) is 16.1. The van der Waals surface area contributed by atoms with Gasteiger partial charge in [-0.3, -0.25) is 4.79 Å². The molecule has 0 aliphatic heterocycles. The molecule has 8 heteroatoms. The molecule has 1 aromatic heterocycles. The van der Waals surface area contributed by atoms with Crippen LogP contribution in [0.3, 0.4) is 0 Å². The Kier molecular flexibility index (Phi) is 4.85. The number of tetrazole rings is 1. The SMILES string of the molecule is Cn1nnnc1-c1cccc(NCC(=O)Nc2ccc(Br)cc2)c1. The van der Waals surface area contributed by atoms with Crippen LogP contribution in [-0.2, 0) is 11.8 Å². The van der Waals surface area contributed by atoms with Gasteiger partial charge in [-0.25, -0.2) is 4.68 Å². The summed E-state index contributed by atoms with van der Waals surface area (Å²) < 4.78 is 2.56. The Balaban J connectivity index is 1.61. The number of hydrogen-bond donors (Lipinski definition) is 2. The van der Waals surface area contributed by atoms with Gasteiger partial charge in [0.2, 0.25) is 5.91 Å². The highest BCUT2D eigenvalue weighted by molar-refractivity contribution is 9.10. The largest absolute Gasteiger partial charge is 0.376 e. The van der Waals surface area contributed by atoms with E-state index in [0.29, 0.717) is 5.82 Å². The van der Waals surface area contributed by atoms with Gasteiger partial charge in [-0.05, 0) is 46.8 Å². The molecule has 3 rings (SSSR count). The Labute approximate surface area is 147 Å². The van der Waals surface area contributed by atoms with E-state index in [1.54, 1.807) is 11.7 Å². The number of amides is 1. The molecule has 122 valence electrons. The summed E-state index contributed by atoms with van der Waals surface area (Å²) in [4.78, 5) is 12.0. The summed E-state index contributed by atoms with van der Waals surface area (Å²) in [5.74, 6) is 0.543. The molecular weight excluding hydrogens is 372 g/mol. The molecule has 24 heavy (non-hydrogen) atoms. The zero-order valence-corrected chi connectivity index (χ0v) is 14.5. The molecule has 0 spiro atoms. The van der Waals surface area contributed by atoms with E-state index in [1.165, 1.54) is 0 Å². The smallest absolute Gasteiger partial charge is 0.243 e. The molecule has 1 heterocycles. The maximum Gasteiger partial charge on any atom is 0.243 e. The van der Waals surface area contributed by atoms with Crippen molar-refractivity contribution < 1.29 is 4.79 Å². The molecule has 0 unspecified atom stereocenters. The first-order chi connectivity index (χ1) is 11.6. The standard InChI is InChI=1S/C16H15BrN6O/c1-23-16(20-21-22-23)11-3-2-4-14(9-11)18-10-15(24)19-13-7-5-12(17)6-8-13/h2-9,18H,10H2,1H3,(H,19,24). The van der Waals surface area contributed by atoms with Gasteiger partial charge in [0.15, 0.2) is 5.82 Å². The maximum absolute atomic E-state index is 12.0. The maximum atomic E-state index is 12.0. The molecule has 0 atom stereocenters. The summed E-state index contributed by atoms with van der Waals surface area (Å²) in [6, 6.07) is 15.0. The highest BCUT2D eigenvalue weighted by Gasteiger charge is 2.07. The number of nitrogens with zero attached hydrogens (tertiary/aromatic N) is 4. The second-order valence-electron chi connectivity index (χ2n) is 5.12. The van der Waals surface area contributed by atoms with Gasteiger partial charge in [0, 0.05) is 28.5 Å². The van der Waals surface area contributed by atoms with Crippen molar-refractivity contribution in [2.75, 3.05) is 17.2 Å². The van der Waals surface area contributed by atoms with Crippen LogP contribution >= 0.6 is 15.9 Å². The predicted octanol–water partition coefficient (Wildman–Crippen LogP) is 2.69. The van der Waals surface area contributed by atoms with Gasteiger partial charge in [-0.2, -0.15) is 0 Å². The Morgan fingerprint density at radius 3 is 2.67 bits per heavy atom. The quantitative estimate of drug-likeness (QED) is 0.703. The molecular formula is C16H15BrN6O. The van der Waals surface area contributed by atoms with E-state index in [9.17, 15) is 4.79 Å². The zero-order valence-electron chi connectivity index (χ0n) is 12.9. The van der Waals surface area contributed by atoms with Crippen LogP contribution < -0.4 is 10.6 Å². The molecule has 0 bridgehead atoms. The van der Waals surface area contributed by atoms with Gasteiger partial charge in [0.05, 0.1) is 6.54 Å².